The number of sulfonamides is 1. The second kappa shape index (κ2) is 5.14. The van der Waals surface area contributed by atoms with Gasteiger partial charge in [0.2, 0.25) is 0 Å². The van der Waals surface area contributed by atoms with Gasteiger partial charge in [-0.05, 0) is 19.1 Å². The lowest BCUT2D eigenvalue weighted by atomic mass is 10.5. The summed E-state index contributed by atoms with van der Waals surface area (Å²) in [5.74, 6) is 0. The van der Waals surface area contributed by atoms with Crippen LogP contribution in [0.2, 0.25) is 4.34 Å². The lowest BCUT2D eigenvalue weighted by Gasteiger charge is -2.03. The summed E-state index contributed by atoms with van der Waals surface area (Å²) in [7, 11) is -3.57. The summed E-state index contributed by atoms with van der Waals surface area (Å²) in [6.45, 7) is 1.82. The van der Waals surface area contributed by atoms with Gasteiger partial charge in [0.1, 0.15) is 0 Å². The Morgan fingerprint density at radius 2 is 2.17 bits per heavy atom. The molecule has 0 atom stereocenters. The number of nitrogens with one attached hydrogen (secondary N) is 1. The largest absolute Gasteiger partial charge is 0.375 e. The van der Waals surface area contributed by atoms with Crippen LogP contribution in [0.3, 0.4) is 0 Å². The van der Waals surface area contributed by atoms with Crippen LogP contribution in [0.1, 0.15) is 10.6 Å². The van der Waals surface area contributed by atoms with Crippen LogP contribution in [-0.2, 0) is 16.6 Å². The zero-order valence-corrected chi connectivity index (χ0v) is 12.5. The first-order chi connectivity index (χ1) is 8.38. The molecule has 0 aliphatic carbocycles. The average Bonchev–Trinajstić information content (AvgIpc) is 2.82. The van der Waals surface area contributed by atoms with E-state index in [1.165, 1.54) is 11.3 Å². The quantitative estimate of drug-likeness (QED) is 0.903. The molecule has 0 aromatic carbocycles. The second-order valence-electron chi connectivity index (χ2n) is 3.46. The highest BCUT2D eigenvalue weighted by Crippen LogP contribution is 2.26. The number of hydrogen-bond donors (Lipinski definition) is 2. The maximum atomic E-state index is 12.0. The van der Waals surface area contributed by atoms with E-state index in [4.69, 9.17) is 17.3 Å². The van der Waals surface area contributed by atoms with E-state index in [2.05, 4.69) is 9.71 Å². The van der Waals surface area contributed by atoms with Crippen LogP contribution >= 0.6 is 34.3 Å². The second-order valence-corrected chi connectivity index (χ2v) is 8.25. The molecule has 0 saturated carbocycles. The van der Waals surface area contributed by atoms with Crippen molar-refractivity contribution in [2.24, 2.45) is 0 Å². The predicted molar refractivity (Wildman–Crippen MR) is 74.6 cm³/mol. The lowest BCUT2D eigenvalue weighted by molar-refractivity contribution is 0.583. The van der Waals surface area contributed by atoms with E-state index in [1.807, 2.05) is 0 Å². The van der Waals surface area contributed by atoms with Crippen LogP contribution in [0.25, 0.3) is 0 Å². The zero-order chi connectivity index (χ0) is 13.3. The Kier molecular flexibility index (Phi) is 3.93. The Balaban J connectivity index is 2.15. The third-order valence-electron chi connectivity index (χ3n) is 2.08. The fourth-order valence-electron chi connectivity index (χ4n) is 1.33. The molecule has 0 spiro atoms. The molecule has 0 radical (unpaired) electrons. The first kappa shape index (κ1) is 13.8. The van der Waals surface area contributed by atoms with Crippen LogP contribution in [0.5, 0.6) is 0 Å². The Hall–Kier alpha value is -0.670. The molecule has 0 aliphatic heterocycles. The molecule has 3 N–H and O–H groups in total. The van der Waals surface area contributed by atoms with E-state index in [9.17, 15) is 8.42 Å². The molecule has 2 heterocycles. The van der Waals surface area contributed by atoms with E-state index < -0.39 is 10.0 Å². The molecule has 2 aromatic heterocycles. The number of hydrogen-bond acceptors (Lipinski definition) is 6. The van der Waals surface area contributed by atoms with Gasteiger partial charge in [-0.15, -0.1) is 11.3 Å². The summed E-state index contributed by atoms with van der Waals surface area (Å²) in [6.07, 6.45) is 0. The fraction of sp³-hybridized carbons (Fsp3) is 0.222. The van der Waals surface area contributed by atoms with Crippen LogP contribution in [0, 0.1) is 6.92 Å². The minimum absolute atomic E-state index is 0.155. The predicted octanol–water partition coefficient (Wildman–Crippen LogP) is 2.23. The van der Waals surface area contributed by atoms with Gasteiger partial charge in [-0.25, -0.2) is 18.1 Å². The molecule has 18 heavy (non-hydrogen) atoms. The monoisotopic (exact) mass is 323 g/mol. The van der Waals surface area contributed by atoms with Gasteiger partial charge in [-0.2, -0.15) is 0 Å². The SMILES string of the molecule is Cc1nc(N)sc1S(=O)(=O)NCc1ccc(Cl)s1. The summed E-state index contributed by atoms with van der Waals surface area (Å²) in [5, 5.41) is 0.243. The molecular formula is C9H10ClN3O2S3. The molecule has 98 valence electrons. The highest BCUT2D eigenvalue weighted by atomic mass is 35.5. The van der Waals surface area contributed by atoms with Gasteiger partial charge in [0.05, 0.1) is 10.0 Å². The molecule has 0 unspecified atom stereocenters. The lowest BCUT2D eigenvalue weighted by Crippen LogP contribution is -2.22. The first-order valence-electron chi connectivity index (χ1n) is 4.85. The maximum absolute atomic E-state index is 12.0. The smallest absolute Gasteiger partial charge is 0.252 e. The molecule has 0 saturated heterocycles. The topological polar surface area (TPSA) is 85.1 Å². The molecule has 0 amide bonds. The maximum Gasteiger partial charge on any atom is 0.252 e. The van der Waals surface area contributed by atoms with Crippen molar-refractivity contribution >= 4 is 49.4 Å². The molecule has 0 aliphatic rings. The van der Waals surface area contributed by atoms with Crippen LogP contribution < -0.4 is 10.5 Å². The van der Waals surface area contributed by atoms with E-state index in [1.54, 1.807) is 19.1 Å². The molecule has 2 aromatic rings. The van der Waals surface area contributed by atoms with Crippen molar-refractivity contribution in [3.05, 3.63) is 27.0 Å². The van der Waals surface area contributed by atoms with Crippen molar-refractivity contribution < 1.29 is 8.42 Å². The van der Waals surface area contributed by atoms with E-state index in [-0.39, 0.29) is 15.9 Å². The average molecular weight is 324 g/mol. The number of nitrogens with two attached hydrogens (primary N) is 1. The van der Waals surface area contributed by atoms with Gasteiger partial charge >= 0.3 is 0 Å². The zero-order valence-electron chi connectivity index (χ0n) is 9.31. The molecule has 0 bridgehead atoms. The summed E-state index contributed by atoms with van der Waals surface area (Å²) in [5.41, 5.74) is 5.90. The van der Waals surface area contributed by atoms with E-state index in [0.29, 0.717) is 10.0 Å². The minimum Gasteiger partial charge on any atom is -0.375 e. The van der Waals surface area contributed by atoms with Gasteiger partial charge in [0, 0.05) is 11.4 Å². The fourth-order valence-corrected chi connectivity index (χ4v) is 4.80. The third kappa shape index (κ3) is 3.01. The summed E-state index contributed by atoms with van der Waals surface area (Å²) >= 11 is 8.06. The highest BCUT2D eigenvalue weighted by Gasteiger charge is 2.21. The number of thiazole rings is 1. The highest BCUT2D eigenvalue weighted by molar-refractivity contribution is 7.91. The number of anilines is 1. The molecule has 2 rings (SSSR count). The number of aryl methyl sites for hydroxylation is 1. The molecule has 5 nitrogen and oxygen atoms in total. The Bertz CT molecular complexity index is 662. The van der Waals surface area contributed by atoms with E-state index >= 15 is 0 Å². The van der Waals surface area contributed by atoms with Crippen molar-refractivity contribution in [3.63, 3.8) is 0 Å². The summed E-state index contributed by atoms with van der Waals surface area (Å²) < 4.78 is 27.3. The third-order valence-corrected chi connectivity index (χ3v) is 6.31. The van der Waals surface area contributed by atoms with Gasteiger partial charge in [-0.1, -0.05) is 22.9 Å². The normalized spacial score (nSPS) is 11.9. The minimum atomic E-state index is -3.57. The standard InChI is InChI=1S/C9H10ClN3O2S3/c1-5-8(17-9(11)13-5)18(14,15)12-4-6-2-3-7(10)16-6/h2-3,12H,4H2,1H3,(H2,11,13). The molecule has 9 heteroatoms. The van der Waals surface area contributed by atoms with Gasteiger partial charge in [-0.3, -0.25) is 0 Å². The number of thiophene rings is 1. The molecular weight excluding hydrogens is 314 g/mol. The van der Waals surface area contributed by atoms with Crippen LogP contribution in [0.15, 0.2) is 16.3 Å². The number of nitrogen functional groups attached to an aromatic ring is 1. The Morgan fingerprint density at radius 1 is 1.44 bits per heavy atom. The van der Waals surface area contributed by atoms with Gasteiger partial charge < -0.3 is 5.73 Å². The molecule has 0 fully saturated rings. The number of aromatic nitrogens is 1. The first-order valence-corrected chi connectivity index (χ1v) is 8.34. The number of rotatable bonds is 4. The van der Waals surface area contributed by atoms with Crippen LogP contribution in [-0.4, -0.2) is 13.4 Å². The summed E-state index contributed by atoms with van der Waals surface area (Å²) in [4.78, 5) is 4.74. The number of nitrogens with zero attached hydrogens (tertiary/aromatic N) is 1. The number of halogens is 1. The van der Waals surface area contributed by atoms with Crippen molar-refractivity contribution in [2.75, 3.05) is 5.73 Å². The Labute approximate surface area is 118 Å². The van der Waals surface area contributed by atoms with Crippen LogP contribution in [0.4, 0.5) is 5.13 Å². The van der Waals surface area contributed by atoms with Gasteiger partial charge in [0.25, 0.3) is 10.0 Å². The van der Waals surface area contributed by atoms with Gasteiger partial charge in [0.15, 0.2) is 9.34 Å². The van der Waals surface area contributed by atoms with Crippen molar-refractivity contribution in [3.8, 4) is 0 Å². The Morgan fingerprint density at radius 3 is 2.67 bits per heavy atom. The summed E-state index contributed by atoms with van der Waals surface area (Å²) in [6, 6.07) is 3.51. The van der Waals surface area contributed by atoms with Crippen molar-refractivity contribution in [1.82, 2.24) is 9.71 Å². The van der Waals surface area contributed by atoms with Crippen molar-refractivity contribution in [2.45, 2.75) is 17.7 Å². The van der Waals surface area contributed by atoms with E-state index in [0.717, 1.165) is 16.2 Å². The van der Waals surface area contributed by atoms with Crippen molar-refractivity contribution in [1.29, 1.82) is 0 Å².